The molecule has 0 radical (unpaired) electrons. The maximum Gasteiger partial charge on any atom is 0.321 e. The van der Waals surface area contributed by atoms with Gasteiger partial charge in [0.05, 0.1) is 12.4 Å². The van der Waals surface area contributed by atoms with Crippen molar-refractivity contribution in [1.29, 1.82) is 5.41 Å². The molecule has 6 heteroatoms. The number of amides is 2. The summed E-state index contributed by atoms with van der Waals surface area (Å²) in [6.07, 6.45) is 0.353. The minimum absolute atomic E-state index is 0.0647. The number of urea groups is 1. The number of hydrogen-bond donors (Lipinski definition) is 3. The van der Waals surface area contributed by atoms with Gasteiger partial charge in [-0.15, -0.1) is 0 Å². The molecule has 0 atom stereocenters. The van der Waals surface area contributed by atoms with Gasteiger partial charge in [-0.25, -0.2) is 4.79 Å². The Bertz CT molecular complexity index is 408. The molecule has 1 aromatic rings. The number of benzene rings is 1. The molecule has 0 aromatic heterocycles. The van der Waals surface area contributed by atoms with Gasteiger partial charge in [0.1, 0.15) is 0 Å². The highest BCUT2D eigenvalue weighted by atomic mass is 16.5. The second-order valence-corrected chi connectivity index (χ2v) is 4.05. The van der Waals surface area contributed by atoms with Gasteiger partial charge in [-0.3, -0.25) is 5.41 Å². The highest BCUT2D eigenvalue weighted by Crippen LogP contribution is 2.06. The predicted molar refractivity (Wildman–Crippen MR) is 75.4 cm³/mol. The fourth-order valence-corrected chi connectivity index (χ4v) is 1.50. The molecule has 0 spiro atoms. The number of ether oxygens (including phenoxy) is 1. The van der Waals surface area contributed by atoms with Gasteiger partial charge in [-0.05, 0) is 12.1 Å². The average Bonchev–Trinajstić information content (AvgIpc) is 2.39. The summed E-state index contributed by atoms with van der Waals surface area (Å²) in [5.74, 6) is 0.0647. The summed E-state index contributed by atoms with van der Waals surface area (Å²) in [6, 6.07) is 9.00. The van der Waals surface area contributed by atoms with Gasteiger partial charge in [0.15, 0.2) is 0 Å². The lowest BCUT2D eigenvalue weighted by Crippen LogP contribution is -2.39. The van der Waals surface area contributed by atoms with Crippen LogP contribution in [0.1, 0.15) is 6.42 Å². The quantitative estimate of drug-likeness (QED) is 0.514. The molecule has 19 heavy (non-hydrogen) atoms. The van der Waals surface area contributed by atoms with Crippen LogP contribution < -0.4 is 11.1 Å². The molecule has 0 aliphatic carbocycles. The molecule has 6 nitrogen and oxygen atoms in total. The van der Waals surface area contributed by atoms with E-state index in [4.69, 9.17) is 15.9 Å². The Morgan fingerprint density at radius 1 is 1.37 bits per heavy atom. The van der Waals surface area contributed by atoms with E-state index in [1.807, 2.05) is 30.3 Å². The van der Waals surface area contributed by atoms with Crippen molar-refractivity contribution in [3.8, 4) is 0 Å². The van der Waals surface area contributed by atoms with Crippen LogP contribution in [0.4, 0.5) is 10.5 Å². The third kappa shape index (κ3) is 5.87. The van der Waals surface area contributed by atoms with Gasteiger partial charge in [0, 0.05) is 32.3 Å². The van der Waals surface area contributed by atoms with Crippen LogP contribution >= 0.6 is 0 Å². The summed E-state index contributed by atoms with van der Waals surface area (Å²) in [6.45, 7) is 1.31. The number of methoxy groups -OCH3 is 1. The first-order valence-corrected chi connectivity index (χ1v) is 6.06. The van der Waals surface area contributed by atoms with Gasteiger partial charge in [0.2, 0.25) is 0 Å². The van der Waals surface area contributed by atoms with E-state index < -0.39 is 0 Å². The monoisotopic (exact) mass is 264 g/mol. The van der Waals surface area contributed by atoms with Crippen molar-refractivity contribution in [2.75, 3.05) is 32.1 Å². The molecule has 0 aliphatic heterocycles. The third-order valence-corrected chi connectivity index (χ3v) is 2.53. The molecular weight excluding hydrogens is 244 g/mol. The first-order chi connectivity index (χ1) is 9.13. The maximum atomic E-state index is 12.1. The van der Waals surface area contributed by atoms with E-state index in [2.05, 4.69) is 5.32 Å². The summed E-state index contributed by atoms with van der Waals surface area (Å²) < 4.78 is 4.97. The Labute approximate surface area is 113 Å². The van der Waals surface area contributed by atoms with Crippen LogP contribution in [-0.2, 0) is 4.74 Å². The molecule has 0 fully saturated rings. The van der Waals surface area contributed by atoms with E-state index in [1.165, 1.54) is 0 Å². The summed E-state index contributed by atoms with van der Waals surface area (Å²) in [5.41, 5.74) is 6.05. The topological polar surface area (TPSA) is 91.4 Å². The SMILES string of the molecule is COCCN(CCC(=N)N)C(=O)Nc1ccccc1. The van der Waals surface area contributed by atoms with Crippen molar-refractivity contribution in [1.82, 2.24) is 4.90 Å². The first-order valence-electron chi connectivity index (χ1n) is 6.06. The Balaban J connectivity index is 2.57. The lowest BCUT2D eigenvalue weighted by molar-refractivity contribution is 0.156. The minimum atomic E-state index is -0.218. The normalized spacial score (nSPS) is 9.95. The zero-order chi connectivity index (χ0) is 14.1. The number of nitrogens with two attached hydrogens (primary N) is 1. The number of hydrogen-bond acceptors (Lipinski definition) is 3. The number of carbonyl (C=O) groups is 1. The Morgan fingerprint density at radius 2 is 2.05 bits per heavy atom. The number of amidine groups is 1. The number of para-hydroxylation sites is 1. The largest absolute Gasteiger partial charge is 0.388 e. The lowest BCUT2D eigenvalue weighted by Gasteiger charge is -2.22. The summed E-state index contributed by atoms with van der Waals surface area (Å²) in [7, 11) is 1.58. The minimum Gasteiger partial charge on any atom is -0.388 e. The van der Waals surface area contributed by atoms with Gasteiger partial charge in [-0.1, -0.05) is 18.2 Å². The smallest absolute Gasteiger partial charge is 0.321 e. The number of rotatable bonds is 7. The van der Waals surface area contributed by atoms with Gasteiger partial charge >= 0.3 is 6.03 Å². The van der Waals surface area contributed by atoms with E-state index in [1.54, 1.807) is 12.0 Å². The van der Waals surface area contributed by atoms with Crippen LogP contribution in [0.15, 0.2) is 30.3 Å². The fraction of sp³-hybridized carbons (Fsp3) is 0.385. The number of anilines is 1. The van der Waals surface area contributed by atoms with Crippen LogP contribution in [0.3, 0.4) is 0 Å². The van der Waals surface area contributed by atoms with Crippen LogP contribution in [0.25, 0.3) is 0 Å². The Hall–Kier alpha value is -2.08. The molecule has 1 aromatic carbocycles. The molecule has 4 N–H and O–H groups in total. The molecule has 0 bridgehead atoms. The molecule has 0 unspecified atom stereocenters. The Morgan fingerprint density at radius 3 is 2.63 bits per heavy atom. The van der Waals surface area contributed by atoms with E-state index in [9.17, 15) is 4.79 Å². The van der Waals surface area contributed by atoms with Crippen molar-refractivity contribution < 1.29 is 9.53 Å². The van der Waals surface area contributed by atoms with Crippen molar-refractivity contribution in [3.05, 3.63) is 30.3 Å². The molecule has 2 amide bonds. The summed E-state index contributed by atoms with van der Waals surface area (Å²) in [5, 5.41) is 10.0. The second kappa shape index (κ2) is 8.10. The molecule has 0 heterocycles. The zero-order valence-corrected chi connectivity index (χ0v) is 11.1. The molecule has 0 saturated carbocycles. The Kier molecular flexibility index (Phi) is 6.38. The van der Waals surface area contributed by atoms with Crippen LogP contribution in [-0.4, -0.2) is 43.6 Å². The zero-order valence-electron chi connectivity index (χ0n) is 11.1. The van der Waals surface area contributed by atoms with Gasteiger partial charge in [-0.2, -0.15) is 0 Å². The summed E-state index contributed by atoms with van der Waals surface area (Å²) >= 11 is 0. The number of nitrogens with zero attached hydrogens (tertiary/aromatic N) is 1. The molecule has 1 rings (SSSR count). The van der Waals surface area contributed by atoms with E-state index in [0.717, 1.165) is 5.69 Å². The van der Waals surface area contributed by atoms with Gasteiger partial charge < -0.3 is 20.7 Å². The van der Waals surface area contributed by atoms with Crippen molar-refractivity contribution >= 4 is 17.6 Å². The number of carbonyl (C=O) groups excluding carboxylic acids is 1. The standard InChI is InChI=1S/C13H20N4O2/c1-19-10-9-17(8-7-12(14)15)13(18)16-11-5-3-2-4-6-11/h2-6H,7-10H2,1H3,(H3,14,15)(H,16,18). The van der Waals surface area contributed by atoms with Crippen molar-refractivity contribution in [2.24, 2.45) is 5.73 Å². The highest BCUT2D eigenvalue weighted by Gasteiger charge is 2.13. The van der Waals surface area contributed by atoms with Crippen LogP contribution in [0.5, 0.6) is 0 Å². The predicted octanol–water partition coefficient (Wildman–Crippen LogP) is 1.49. The molecule has 0 saturated heterocycles. The third-order valence-electron chi connectivity index (χ3n) is 2.53. The fourth-order valence-electron chi connectivity index (χ4n) is 1.50. The molecule has 0 aliphatic rings. The van der Waals surface area contributed by atoms with Gasteiger partial charge in [0.25, 0.3) is 0 Å². The lowest BCUT2D eigenvalue weighted by atomic mass is 10.3. The van der Waals surface area contributed by atoms with Crippen molar-refractivity contribution in [3.63, 3.8) is 0 Å². The summed E-state index contributed by atoms with van der Waals surface area (Å²) in [4.78, 5) is 13.7. The maximum absolute atomic E-state index is 12.1. The van der Waals surface area contributed by atoms with E-state index in [0.29, 0.717) is 26.1 Å². The van der Waals surface area contributed by atoms with Crippen LogP contribution in [0.2, 0.25) is 0 Å². The van der Waals surface area contributed by atoms with E-state index >= 15 is 0 Å². The van der Waals surface area contributed by atoms with Crippen molar-refractivity contribution in [2.45, 2.75) is 6.42 Å². The highest BCUT2D eigenvalue weighted by molar-refractivity contribution is 5.89. The van der Waals surface area contributed by atoms with E-state index in [-0.39, 0.29) is 11.9 Å². The first kappa shape index (κ1) is 15.0. The average molecular weight is 264 g/mol. The van der Waals surface area contributed by atoms with Crippen LogP contribution in [0, 0.1) is 5.41 Å². The molecular formula is C13H20N4O2. The number of nitrogens with one attached hydrogen (secondary N) is 2. The second-order valence-electron chi connectivity index (χ2n) is 4.05. The molecule has 104 valence electrons.